The number of nitrogens with zero attached hydrogens (tertiary/aromatic N) is 4. The zero-order chi connectivity index (χ0) is 13.0. The molecule has 0 aliphatic rings. The first-order valence-corrected chi connectivity index (χ1v) is 6.20. The van der Waals surface area contributed by atoms with Crippen molar-refractivity contribution in [1.82, 2.24) is 25.1 Å². The number of rotatable bonds is 5. The summed E-state index contributed by atoms with van der Waals surface area (Å²) in [6, 6.07) is 4.07. The van der Waals surface area contributed by atoms with Crippen molar-refractivity contribution in [3.05, 3.63) is 41.7 Å². The average molecular weight is 245 g/mol. The van der Waals surface area contributed by atoms with Crippen LogP contribution in [0.1, 0.15) is 30.2 Å². The molecule has 0 spiro atoms. The molecular formula is C13H19N5. The fourth-order valence-electron chi connectivity index (χ4n) is 2.06. The Labute approximate surface area is 107 Å². The molecule has 0 bridgehead atoms. The van der Waals surface area contributed by atoms with Crippen LogP contribution in [-0.4, -0.2) is 26.3 Å². The van der Waals surface area contributed by atoms with Crippen LogP contribution in [-0.2, 0) is 13.5 Å². The fraction of sp³-hybridized carbons (Fsp3) is 0.462. The van der Waals surface area contributed by atoms with Crippen LogP contribution in [0, 0.1) is 6.92 Å². The van der Waals surface area contributed by atoms with Crippen molar-refractivity contribution >= 4 is 0 Å². The summed E-state index contributed by atoms with van der Waals surface area (Å²) < 4.78 is 1.92. The molecule has 2 aromatic heterocycles. The van der Waals surface area contributed by atoms with Crippen molar-refractivity contribution in [3.63, 3.8) is 0 Å². The lowest BCUT2D eigenvalue weighted by Crippen LogP contribution is -2.25. The van der Waals surface area contributed by atoms with Crippen molar-refractivity contribution in [2.45, 2.75) is 26.3 Å². The van der Waals surface area contributed by atoms with Crippen molar-refractivity contribution in [1.29, 1.82) is 0 Å². The van der Waals surface area contributed by atoms with E-state index >= 15 is 0 Å². The maximum Gasteiger partial charge on any atom is 0.145 e. The summed E-state index contributed by atoms with van der Waals surface area (Å²) in [6.45, 7) is 4.98. The molecule has 0 fully saturated rings. The van der Waals surface area contributed by atoms with Crippen LogP contribution in [0.3, 0.4) is 0 Å². The number of hydrogen-bond acceptors (Lipinski definition) is 4. The van der Waals surface area contributed by atoms with Gasteiger partial charge in [0.05, 0.1) is 11.7 Å². The van der Waals surface area contributed by atoms with Crippen molar-refractivity contribution < 1.29 is 0 Å². The second-order valence-electron chi connectivity index (χ2n) is 4.32. The molecule has 0 saturated carbocycles. The van der Waals surface area contributed by atoms with Gasteiger partial charge in [-0.15, -0.1) is 0 Å². The molecule has 2 heterocycles. The lowest BCUT2D eigenvalue weighted by molar-refractivity contribution is 0.504. The topological polar surface area (TPSA) is 55.6 Å². The third-order valence-electron chi connectivity index (χ3n) is 2.86. The number of aryl methyl sites for hydroxylation is 2. The number of likely N-dealkylation sites (N-methyl/N-ethyl adjacent to an activating group) is 1. The van der Waals surface area contributed by atoms with Crippen LogP contribution in [0.4, 0.5) is 0 Å². The number of aromatic nitrogens is 4. The van der Waals surface area contributed by atoms with Gasteiger partial charge in [0.2, 0.25) is 0 Å². The predicted octanol–water partition coefficient (Wildman–Crippen LogP) is 1.41. The van der Waals surface area contributed by atoms with Crippen molar-refractivity contribution in [2.24, 2.45) is 7.05 Å². The van der Waals surface area contributed by atoms with E-state index in [2.05, 4.69) is 33.4 Å². The largest absolute Gasteiger partial charge is 0.307 e. The van der Waals surface area contributed by atoms with Crippen molar-refractivity contribution in [2.75, 3.05) is 6.54 Å². The van der Waals surface area contributed by atoms with E-state index in [9.17, 15) is 0 Å². The van der Waals surface area contributed by atoms with Gasteiger partial charge in [-0.3, -0.25) is 4.68 Å². The summed E-state index contributed by atoms with van der Waals surface area (Å²) in [5.41, 5.74) is 2.22. The van der Waals surface area contributed by atoms with Gasteiger partial charge in [0, 0.05) is 31.6 Å². The molecule has 0 radical (unpaired) electrons. The third kappa shape index (κ3) is 2.92. The van der Waals surface area contributed by atoms with Gasteiger partial charge in [-0.25, -0.2) is 9.97 Å². The monoisotopic (exact) mass is 245 g/mol. The predicted molar refractivity (Wildman–Crippen MR) is 70.1 cm³/mol. The van der Waals surface area contributed by atoms with E-state index < -0.39 is 0 Å². The van der Waals surface area contributed by atoms with E-state index in [0.717, 1.165) is 24.5 Å². The molecule has 0 amide bonds. The number of nitrogens with one attached hydrogen (secondary N) is 1. The highest BCUT2D eigenvalue weighted by Crippen LogP contribution is 2.15. The van der Waals surface area contributed by atoms with E-state index in [1.54, 1.807) is 12.4 Å². The van der Waals surface area contributed by atoms with E-state index in [1.165, 1.54) is 5.69 Å². The molecule has 5 nitrogen and oxygen atoms in total. The SMILES string of the molecule is CCNC(Cc1cc(C)nn1C)c1ncccn1. The van der Waals surface area contributed by atoms with Crippen LogP contribution >= 0.6 is 0 Å². The van der Waals surface area contributed by atoms with Gasteiger partial charge in [0.15, 0.2) is 0 Å². The molecule has 18 heavy (non-hydrogen) atoms. The summed E-state index contributed by atoms with van der Waals surface area (Å²) in [4.78, 5) is 8.65. The Hall–Kier alpha value is -1.75. The quantitative estimate of drug-likeness (QED) is 0.865. The Kier molecular flexibility index (Phi) is 4.04. The minimum atomic E-state index is 0.131. The zero-order valence-electron chi connectivity index (χ0n) is 11.1. The highest BCUT2D eigenvalue weighted by Gasteiger charge is 2.15. The zero-order valence-corrected chi connectivity index (χ0v) is 11.1. The van der Waals surface area contributed by atoms with Gasteiger partial charge in [-0.05, 0) is 25.6 Å². The lowest BCUT2D eigenvalue weighted by atomic mass is 10.1. The Morgan fingerprint density at radius 3 is 2.61 bits per heavy atom. The van der Waals surface area contributed by atoms with E-state index in [-0.39, 0.29) is 6.04 Å². The maximum atomic E-state index is 4.37. The molecule has 0 aliphatic heterocycles. The molecule has 2 rings (SSSR count). The molecule has 2 aromatic rings. The normalized spacial score (nSPS) is 12.6. The molecule has 5 heteroatoms. The minimum Gasteiger partial charge on any atom is -0.307 e. The molecule has 96 valence electrons. The first kappa shape index (κ1) is 12.7. The summed E-state index contributed by atoms with van der Waals surface area (Å²) in [7, 11) is 1.97. The van der Waals surface area contributed by atoms with Gasteiger partial charge < -0.3 is 5.32 Å². The van der Waals surface area contributed by atoms with Gasteiger partial charge in [-0.2, -0.15) is 5.10 Å². The lowest BCUT2D eigenvalue weighted by Gasteiger charge is -2.16. The fourth-order valence-corrected chi connectivity index (χ4v) is 2.06. The highest BCUT2D eigenvalue weighted by molar-refractivity contribution is 5.12. The first-order valence-electron chi connectivity index (χ1n) is 6.20. The molecular weight excluding hydrogens is 226 g/mol. The molecule has 0 saturated heterocycles. The molecule has 1 atom stereocenters. The third-order valence-corrected chi connectivity index (χ3v) is 2.86. The molecule has 1 N–H and O–H groups in total. The van der Waals surface area contributed by atoms with Crippen molar-refractivity contribution in [3.8, 4) is 0 Å². The van der Waals surface area contributed by atoms with Crippen LogP contribution in [0.5, 0.6) is 0 Å². The second-order valence-corrected chi connectivity index (χ2v) is 4.32. The number of hydrogen-bond donors (Lipinski definition) is 1. The van der Waals surface area contributed by atoms with Crippen LogP contribution < -0.4 is 5.32 Å². The Balaban J connectivity index is 2.19. The van der Waals surface area contributed by atoms with Gasteiger partial charge in [0.25, 0.3) is 0 Å². The second kappa shape index (κ2) is 5.73. The molecule has 1 unspecified atom stereocenters. The highest BCUT2D eigenvalue weighted by atomic mass is 15.3. The van der Waals surface area contributed by atoms with Gasteiger partial charge >= 0.3 is 0 Å². The van der Waals surface area contributed by atoms with Crippen LogP contribution in [0.25, 0.3) is 0 Å². The first-order chi connectivity index (χ1) is 8.70. The standard InChI is InChI=1S/C13H19N5/c1-4-14-12(13-15-6-5-7-16-13)9-11-8-10(2)17-18(11)3/h5-8,12,14H,4,9H2,1-3H3. The molecule has 0 aromatic carbocycles. The Morgan fingerprint density at radius 2 is 2.06 bits per heavy atom. The summed E-state index contributed by atoms with van der Waals surface area (Å²) >= 11 is 0. The van der Waals surface area contributed by atoms with Crippen LogP contribution in [0.2, 0.25) is 0 Å². The van der Waals surface area contributed by atoms with Gasteiger partial charge in [-0.1, -0.05) is 6.92 Å². The maximum absolute atomic E-state index is 4.37. The Bertz CT molecular complexity index is 491. The van der Waals surface area contributed by atoms with E-state index in [0.29, 0.717) is 0 Å². The summed E-state index contributed by atoms with van der Waals surface area (Å²) in [5.74, 6) is 0.832. The van der Waals surface area contributed by atoms with E-state index in [4.69, 9.17) is 0 Å². The van der Waals surface area contributed by atoms with E-state index in [1.807, 2.05) is 24.7 Å². The minimum absolute atomic E-state index is 0.131. The summed E-state index contributed by atoms with van der Waals surface area (Å²) in [5, 5.41) is 7.78. The summed E-state index contributed by atoms with van der Waals surface area (Å²) in [6.07, 6.45) is 4.40. The smallest absolute Gasteiger partial charge is 0.145 e. The molecule has 0 aliphatic carbocycles. The average Bonchev–Trinajstić information content (AvgIpc) is 2.68. The Morgan fingerprint density at radius 1 is 1.33 bits per heavy atom. The van der Waals surface area contributed by atoms with Gasteiger partial charge in [0.1, 0.15) is 5.82 Å². The van der Waals surface area contributed by atoms with Crippen LogP contribution in [0.15, 0.2) is 24.5 Å².